The van der Waals surface area contributed by atoms with E-state index in [4.69, 9.17) is 4.74 Å². The van der Waals surface area contributed by atoms with Crippen molar-refractivity contribution in [1.29, 1.82) is 0 Å². The first-order chi connectivity index (χ1) is 9.83. The minimum atomic E-state index is 0.0851. The molecule has 100 valence electrons. The molecule has 6 nitrogen and oxygen atoms in total. The second-order valence-corrected chi connectivity index (χ2v) is 4.76. The van der Waals surface area contributed by atoms with Gasteiger partial charge in [-0.25, -0.2) is 4.98 Å². The number of aryl methyl sites for hydroxylation is 1. The quantitative estimate of drug-likeness (QED) is 0.769. The number of aromatic nitrogens is 4. The van der Waals surface area contributed by atoms with Crippen LogP contribution in [0.15, 0.2) is 36.7 Å². The molecule has 0 aliphatic carbocycles. The lowest BCUT2D eigenvalue weighted by molar-refractivity contribution is 0.339. The Morgan fingerprint density at radius 1 is 1.30 bits per heavy atom. The lowest BCUT2D eigenvalue weighted by atomic mass is 10.1. The fourth-order valence-electron chi connectivity index (χ4n) is 2.49. The second kappa shape index (κ2) is 4.19. The van der Waals surface area contributed by atoms with Gasteiger partial charge in [0.15, 0.2) is 5.82 Å². The summed E-state index contributed by atoms with van der Waals surface area (Å²) in [6, 6.07) is 8.11. The first-order valence-corrected chi connectivity index (χ1v) is 6.47. The van der Waals surface area contributed by atoms with E-state index in [2.05, 4.69) is 26.6 Å². The summed E-state index contributed by atoms with van der Waals surface area (Å²) in [4.78, 5) is 4.37. The Kier molecular flexibility index (Phi) is 2.35. The number of para-hydroxylation sites is 1. The van der Waals surface area contributed by atoms with Crippen LogP contribution in [0.5, 0.6) is 5.75 Å². The molecule has 0 fully saturated rings. The molecule has 4 rings (SSSR count). The first-order valence-electron chi connectivity index (χ1n) is 6.47. The first kappa shape index (κ1) is 11.2. The molecule has 0 bridgehead atoms. The van der Waals surface area contributed by atoms with E-state index in [1.807, 2.05) is 35.7 Å². The predicted molar refractivity (Wildman–Crippen MR) is 73.8 cm³/mol. The average Bonchev–Trinajstić information content (AvgIpc) is 3.05. The number of hydrogen-bond acceptors (Lipinski definition) is 5. The van der Waals surface area contributed by atoms with Gasteiger partial charge in [0.25, 0.3) is 0 Å². The number of benzene rings is 1. The molecule has 0 radical (unpaired) electrons. The Labute approximate surface area is 115 Å². The smallest absolute Gasteiger partial charge is 0.203 e. The number of nitrogens with one attached hydrogen (secondary N) is 1. The van der Waals surface area contributed by atoms with Gasteiger partial charge in [-0.15, -0.1) is 10.2 Å². The van der Waals surface area contributed by atoms with Crippen LogP contribution >= 0.6 is 0 Å². The van der Waals surface area contributed by atoms with E-state index < -0.39 is 0 Å². The Bertz CT molecular complexity index is 782. The largest absolute Gasteiger partial charge is 0.491 e. The summed E-state index contributed by atoms with van der Waals surface area (Å²) in [6.45, 7) is 2.51. The Balaban J connectivity index is 1.72. The number of nitrogens with zero attached hydrogens (tertiary/aromatic N) is 4. The van der Waals surface area contributed by atoms with Crippen LogP contribution in [0.4, 0.5) is 5.82 Å². The highest BCUT2D eigenvalue weighted by Crippen LogP contribution is 2.34. The third-order valence-corrected chi connectivity index (χ3v) is 3.51. The van der Waals surface area contributed by atoms with Crippen molar-refractivity contribution >= 4 is 11.5 Å². The lowest BCUT2D eigenvalue weighted by Gasteiger charge is -2.12. The van der Waals surface area contributed by atoms with Gasteiger partial charge in [0.2, 0.25) is 5.65 Å². The monoisotopic (exact) mass is 267 g/mol. The van der Waals surface area contributed by atoms with Gasteiger partial charge in [-0.1, -0.05) is 18.2 Å². The van der Waals surface area contributed by atoms with E-state index in [0.29, 0.717) is 6.61 Å². The molecule has 0 amide bonds. The van der Waals surface area contributed by atoms with E-state index in [9.17, 15) is 0 Å². The maximum absolute atomic E-state index is 5.67. The maximum Gasteiger partial charge on any atom is 0.203 e. The van der Waals surface area contributed by atoms with Crippen molar-refractivity contribution in [3.8, 4) is 5.75 Å². The minimum Gasteiger partial charge on any atom is -0.491 e. The van der Waals surface area contributed by atoms with E-state index in [0.717, 1.165) is 28.6 Å². The van der Waals surface area contributed by atoms with Crippen LogP contribution < -0.4 is 10.1 Å². The third-order valence-electron chi connectivity index (χ3n) is 3.51. The van der Waals surface area contributed by atoms with Crippen molar-refractivity contribution in [3.05, 3.63) is 48.0 Å². The zero-order valence-electron chi connectivity index (χ0n) is 10.9. The molecule has 1 aliphatic heterocycles. The summed E-state index contributed by atoms with van der Waals surface area (Å²) < 4.78 is 7.58. The van der Waals surface area contributed by atoms with Crippen LogP contribution in [0.25, 0.3) is 5.65 Å². The summed E-state index contributed by atoms with van der Waals surface area (Å²) in [5.41, 5.74) is 1.88. The maximum atomic E-state index is 5.67. The topological polar surface area (TPSA) is 64.3 Å². The van der Waals surface area contributed by atoms with E-state index in [1.54, 1.807) is 6.20 Å². The van der Waals surface area contributed by atoms with Gasteiger partial charge < -0.3 is 10.1 Å². The fraction of sp³-hybridized carbons (Fsp3) is 0.214. The van der Waals surface area contributed by atoms with Gasteiger partial charge in [0.1, 0.15) is 18.2 Å². The predicted octanol–water partition coefficient (Wildman–Crippen LogP) is 1.98. The van der Waals surface area contributed by atoms with E-state index in [-0.39, 0.29) is 6.04 Å². The molecule has 1 N–H and O–H groups in total. The van der Waals surface area contributed by atoms with Crippen molar-refractivity contribution in [2.45, 2.75) is 13.0 Å². The molecule has 3 aromatic rings. The number of hydrogen-bond donors (Lipinski definition) is 1. The van der Waals surface area contributed by atoms with Crippen LogP contribution in [0, 0.1) is 6.92 Å². The molecule has 20 heavy (non-hydrogen) atoms. The molecule has 1 atom stereocenters. The van der Waals surface area contributed by atoms with Gasteiger partial charge in [0.05, 0.1) is 6.04 Å². The molecule has 0 spiro atoms. The molecule has 0 saturated heterocycles. The number of fused-ring (bicyclic) bond motifs is 2. The van der Waals surface area contributed by atoms with Crippen LogP contribution in [0.1, 0.15) is 17.4 Å². The van der Waals surface area contributed by atoms with Crippen molar-refractivity contribution in [3.63, 3.8) is 0 Å². The Hall–Kier alpha value is -2.63. The van der Waals surface area contributed by atoms with Crippen LogP contribution in [0.3, 0.4) is 0 Å². The van der Waals surface area contributed by atoms with Crippen molar-refractivity contribution < 1.29 is 4.74 Å². The Morgan fingerprint density at radius 2 is 2.20 bits per heavy atom. The summed E-state index contributed by atoms with van der Waals surface area (Å²) in [6.07, 6.45) is 3.60. The minimum absolute atomic E-state index is 0.0851. The molecule has 3 heterocycles. The van der Waals surface area contributed by atoms with Crippen LogP contribution in [-0.2, 0) is 0 Å². The van der Waals surface area contributed by atoms with Crippen LogP contribution in [-0.4, -0.2) is 26.2 Å². The standard InChI is InChI=1S/C14H13N5O/c1-9-17-18-14-13(15-6-7-19(9)14)16-11-8-20-12-5-3-2-4-10(11)12/h2-7,11H,8H2,1H3,(H,15,16). The van der Waals surface area contributed by atoms with Gasteiger partial charge in [-0.05, 0) is 13.0 Å². The molecule has 1 unspecified atom stereocenters. The van der Waals surface area contributed by atoms with Gasteiger partial charge in [0, 0.05) is 18.0 Å². The highest BCUT2D eigenvalue weighted by Gasteiger charge is 2.24. The highest BCUT2D eigenvalue weighted by molar-refractivity contribution is 5.63. The average molecular weight is 267 g/mol. The van der Waals surface area contributed by atoms with E-state index in [1.165, 1.54) is 0 Å². The SMILES string of the molecule is Cc1nnc2c(NC3COc4ccccc43)nccn12. The van der Waals surface area contributed by atoms with Crippen LogP contribution in [0.2, 0.25) is 0 Å². The summed E-state index contributed by atoms with van der Waals surface area (Å²) in [7, 11) is 0. The zero-order valence-corrected chi connectivity index (χ0v) is 10.9. The molecular weight excluding hydrogens is 254 g/mol. The Morgan fingerprint density at radius 3 is 3.15 bits per heavy atom. The summed E-state index contributed by atoms with van der Waals surface area (Å²) in [5, 5.41) is 11.6. The molecule has 6 heteroatoms. The number of anilines is 1. The third kappa shape index (κ3) is 1.61. The van der Waals surface area contributed by atoms with Gasteiger partial charge >= 0.3 is 0 Å². The highest BCUT2D eigenvalue weighted by atomic mass is 16.5. The molecule has 2 aromatic heterocycles. The van der Waals surface area contributed by atoms with Crippen molar-refractivity contribution in [2.75, 3.05) is 11.9 Å². The zero-order chi connectivity index (χ0) is 13.5. The summed E-state index contributed by atoms with van der Waals surface area (Å²) in [5.74, 6) is 2.49. The second-order valence-electron chi connectivity index (χ2n) is 4.76. The molecule has 1 aliphatic rings. The number of ether oxygens (including phenoxy) is 1. The molecule has 0 saturated carbocycles. The molecular formula is C14H13N5O. The van der Waals surface area contributed by atoms with Crippen molar-refractivity contribution in [2.24, 2.45) is 0 Å². The normalized spacial score (nSPS) is 16.9. The summed E-state index contributed by atoms with van der Waals surface area (Å²) >= 11 is 0. The molecule has 1 aromatic carbocycles. The lowest BCUT2D eigenvalue weighted by Crippen LogP contribution is -2.13. The number of rotatable bonds is 2. The van der Waals surface area contributed by atoms with Gasteiger partial charge in [-0.3, -0.25) is 4.40 Å². The van der Waals surface area contributed by atoms with Crippen molar-refractivity contribution in [1.82, 2.24) is 19.6 Å². The fourth-order valence-corrected chi connectivity index (χ4v) is 2.49. The van der Waals surface area contributed by atoms with E-state index >= 15 is 0 Å². The van der Waals surface area contributed by atoms with Gasteiger partial charge in [-0.2, -0.15) is 0 Å².